The van der Waals surface area contributed by atoms with Crippen LogP contribution in [0.25, 0.3) is 11.1 Å². The van der Waals surface area contributed by atoms with Gasteiger partial charge in [-0.1, -0.05) is 6.07 Å². The Balaban J connectivity index is 0.000000316. The highest BCUT2D eigenvalue weighted by Crippen LogP contribution is 2.32. The third-order valence-electron chi connectivity index (χ3n) is 4.09. The predicted octanol–water partition coefficient (Wildman–Crippen LogP) is 5.24. The second-order valence-electron chi connectivity index (χ2n) is 6.63. The summed E-state index contributed by atoms with van der Waals surface area (Å²) in [6.07, 6.45) is 0. The summed E-state index contributed by atoms with van der Waals surface area (Å²) in [7, 11) is 1.77. The maximum Gasteiger partial charge on any atom is 0.341 e. The van der Waals surface area contributed by atoms with Crippen LogP contribution in [0, 0.1) is 24.4 Å². The zero-order valence-electron chi connectivity index (χ0n) is 17.0. The summed E-state index contributed by atoms with van der Waals surface area (Å²) in [6.45, 7) is 1.75. The van der Waals surface area contributed by atoms with Crippen LogP contribution in [0.5, 0.6) is 5.75 Å². The van der Waals surface area contributed by atoms with Crippen LogP contribution in [0.3, 0.4) is 0 Å². The standard InChI is InChI=1S/C16H15F2NO3.C7H7FS/c1-19-8-10-2-3-15(22-9-16(20)21)14(4-10)11-5-12(17)7-13(18)6-11;1-5-4-6(9)2-3-7(5)8/h2-7,19H,8-9H2,1H3,(H,20,21);2-4,9H,1H3. The van der Waals surface area contributed by atoms with E-state index in [-0.39, 0.29) is 17.1 Å². The lowest BCUT2D eigenvalue weighted by Gasteiger charge is -2.13. The fourth-order valence-corrected chi connectivity index (χ4v) is 2.99. The molecule has 0 unspecified atom stereocenters. The number of ether oxygens (including phenoxy) is 1. The maximum atomic E-state index is 13.4. The van der Waals surface area contributed by atoms with Crippen molar-refractivity contribution in [3.63, 3.8) is 0 Å². The number of benzene rings is 3. The van der Waals surface area contributed by atoms with Gasteiger partial charge in [0.25, 0.3) is 0 Å². The van der Waals surface area contributed by atoms with Crippen LogP contribution in [0.15, 0.2) is 59.5 Å². The van der Waals surface area contributed by atoms with Crippen LogP contribution in [0.4, 0.5) is 13.2 Å². The molecule has 3 aromatic rings. The number of rotatable bonds is 6. The molecule has 3 aromatic carbocycles. The Kier molecular flexibility index (Phi) is 8.96. The molecule has 2 N–H and O–H groups in total. The lowest BCUT2D eigenvalue weighted by Crippen LogP contribution is -2.10. The van der Waals surface area contributed by atoms with Crippen molar-refractivity contribution in [2.24, 2.45) is 0 Å². The molecule has 0 saturated carbocycles. The minimum absolute atomic E-state index is 0.173. The topological polar surface area (TPSA) is 58.6 Å². The van der Waals surface area contributed by atoms with E-state index in [0.29, 0.717) is 17.7 Å². The van der Waals surface area contributed by atoms with Gasteiger partial charge in [0.15, 0.2) is 6.61 Å². The quantitative estimate of drug-likeness (QED) is 0.451. The van der Waals surface area contributed by atoms with Crippen molar-refractivity contribution in [3.8, 4) is 16.9 Å². The number of hydrogen-bond donors (Lipinski definition) is 3. The molecule has 0 aliphatic carbocycles. The smallest absolute Gasteiger partial charge is 0.341 e. The number of aliphatic carboxylic acids is 1. The highest BCUT2D eigenvalue weighted by atomic mass is 32.1. The summed E-state index contributed by atoms with van der Waals surface area (Å²) >= 11 is 4.03. The van der Waals surface area contributed by atoms with E-state index in [4.69, 9.17) is 9.84 Å². The third-order valence-corrected chi connectivity index (χ3v) is 4.37. The van der Waals surface area contributed by atoms with Crippen molar-refractivity contribution in [2.75, 3.05) is 13.7 Å². The second-order valence-corrected chi connectivity index (χ2v) is 7.15. The number of thiol groups is 1. The molecule has 0 aliphatic rings. The van der Waals surface area contributed by atoms with Crippen molar-refractivity contribution in [1.82, 2.24) is 5.32 Å². The molecule has 8 heteroatoms. The SMILES string of the molecule is CNCc1ccc(OCC(=O)O)c(-c2cc(F)cc(F)c2)c1.Cc1cc(S)ccc1F. The van der Waals surface area contributed by atoms with Gasteiger partial charge in [0.1, 0.15) is 23.2 Å². The molecule has 0 amide bonds. The van der Waals surface area contributed by atoms with Gasteiger partial charge in [0.2, 0.25) is 0 Å². The van der Waals surface area contributed by atoms with Crippen molar-refractivity contribution in [3.05, 3.63) is 83.2 Å². The molecule has 4 nitrogen and oxygen atoms in total. The van der Waals surface area contributed by atoms with Crippen molar-refractivity contribution in [1.29, 1.82) is 0 Å². The molecule has 0 aliphatic heterocycles. The number of aryl methyl sites for hydroxylation is 1. The zero-order chi connectivity index (χ0) is 23.0. The first-order chi connectivity index (χ1) is 14.7. The number of hydrogen-bond acceptors (Lipinski definition) is 4. The van der Waals surface area contributed by atoms with Gasteiger partial charge < -0.3 is 15.2 Å². The summed E-state index contributed by atoms with van der Waals surface area (Å²) in [6, 6.07) is 12.9. The van der Waals surface area contributed by atoms with E-state index in [0.717, 1.165) is 16.5 Å². The van der Waals surface area contributed by atoms with E-state index < -0.39 is 24.2 Å². The maximum absolute atomic E-state index is 13.4. The number of carboxylic acids is 1. The molecule has 0 atom stereocenters. The van der Waals surface area contributed by atoms with Gasteiger partial charge in [-0.25, -0.2) is 18.0 Å². The lowest BCUT2D eigenvalue weighted by molar-refractivity contribution is -0.139. The van der Waals surface area contributed by atoms with E-state index >= 15 is 0 Å². The van der Waals surface area contributed by atoms with E-state index in [1.54, 1.807) is 44.3 Å². The van der Waals surface area contributed by atoms with Crippen molar-refractivity contribution < 1.29 is 27.8 Å². The number of nitrogens with one attached hydrogen (secondary N) is 1. The van der Waals surface area contributed by atoms with Gasteiger partial charge in [0.05, 0.1) is 0 Å². The first-order valence-corrected chi connectivity index (χ1v) is 9.68. The summed E-state index contributed by atoms with van der Waals surface area (Å²) in [5, 5.41) is 11.7. The fourth-order valence-electron chi connectivity index (χ4n) is 2.72. The van der Waals surface area contributed by atoms with Crippen molar-refractivity contribution >= 4 is 18.6 Å². The summed E-state index contributed by atoms with van der Waals surface area (Å²) in [5.74, 6) is -2.47. The predicted molar refractivity (Wildman–Crippen MR) is 116 cm³/mol. The van der Waals surface area contributed by atoms with E-state index in [2.05, 4.69) is 17.9 Å². The first-order valence-electron chi connectivity index (χ1n) is 9.23. The minimum Gasteiger partial charge on any atom is -0.481 e. The Hall–Kier alpha value is -2.97. The molecule has 0 heterocycles. The number of carbonyl (C=O) groups is 1. The molecule has 0 saturated heterocycles. The van der Waals surface area contributed by atoms with Gasteiger partial charge >= 0.3 is 5.97 Å². The third kappa shape index (κ3) is 7.66. The van der Waals surface area contributed by atoms with Gasteiger partial charge in [-0.05, 0) is 73.1 Å². The average molecular weight is 449 g/mol. The summed E-state index contributed by atoms with van der Waals surface area (Å²) in [4.78, 5) is 11.4. The van der Waals surface area contributed by atoms with E-state index in [1.807, 2.05) is 0 Å². The molecule has 0 bridgehead atoms. The highest BCUT2D eigenvalue weighted by Gasteiger charge is 2.12. The monoisotopic (exact) mass is 449 g/mol. The summed E-state index contributed by atoms with van der Waals surface area (Å²) < 4.78 is 44.5. The molecular weight excluding hydrogens is 427 g/mol. The van der Waals surface area contributed by atoms with Gasteiger partial charge in [-0.2, -0.15) is 0 Å². The average Bonchev–Trinajstić information content (AvgIpc) is 2.70. The molecule has 164 valence electrons. The van der Waals surface area contributed by atoms with Gasteiger partial charge in [0, 0.05) is 23.1 Å². The summed E-state index contributed by atoms with van der Waals surface area (Å²) in [5.41, 5.74) is 2.25. The van der Waals surface area contributed by atoms with Crippen LogP contribution in [0.1, 0.15) is 11.1 Å². The van der Waals surface area contributed by atoms with Crippen LogP contribution >= 0.6 is 12.6 Å². The highest BCUT2D eigenvalue weighted by molar-refractivity contribution is 7.80. The molecule has 0 aromatic heterocycles. The van der Waals surface area contributed by atoms with E-state index in [1.165, 1.54) is 18.2 Å². The number of halogens is 3. The van der Waals surface area contributed by atoms with Crippen LogP contribution in [0.2, 0.25) is 0 Å². The van der Waals surface area contributed by atoms with Crippen LogP contribution < -0.4 is 10.1 Å². The Bertz CT molecular complexity index is 1040. The second kappa shape index (κ2) is 11.4. The van der Waals surface area contributed by atoms with Crippen LogP contribution in [-0.2, 0) is 11.3 Å². The Labute approximate surface area is 184 Å². The zero-order valence-corrected chi connectivity index (χ0v) is 17.8. The van der Waals surface area contributed by atoms with E-state index in [9.17, 15) is 18.0 Å². The first kappa shape index (κ1) is 24.3. The number of carboxylic acid groups (broad SMARTS) is 1. The molecular formula is C23H22F3NO3S. The molecule has 0 radical (unpaired) electrons. The van der Waals surface area contributed by atoms with Gasteiger partial charge in [-0.15, -0.1) is 12.6 Å². The molecule has 0 fully saturated rings. The fraction of sp³-hybridized carbons (Fsp3) is 0.174. The largest absolute Gasteiger partial charge is 0.481 e. The lowest BCUT2D eigenvalue weighted by atomic mass is 10.0. The van der Waals surface area contributed by atoms with Crippen molar-refractivity contribution in [2.45, 2.75) is 18.4 Å². The molecule has 0 spiro atoms. The Morgan fingerprint density at radius 3 is 2.26 bits per heavy atom. The molecule has 3 rings (SSSR count). The molecule has 31 heavy (non-hydrogen) atoms. The van der Waals surface area contributed by atoms with Crippen LogP contribution in [-0.4, -0.2) is 24.7 Å². The Morgan fingerprint density at radius 2 is 1.71 bits per heavy atom. The van der Waals surface area contributed by atoms with Gasteiger partial charge in [-0.3, -0.25) is 0 Å². The normalized spacial score (nSPS) is 10.3. The Morgan fingerprint density at radius 1 is 1.03 bits per heavy atom. The minimum atomic E-state index is -1.13.